The second-order valence-electron chi connectivity index (χ2n) is 7.11. The van der Waals surface area contributed by atoms with Gasteiger partial charge in [0, 0.05) is 31.5 Å². The number of hydroxylamine groups is 1. The minimum Gasteiger partial charge on any atom is -0.394 e. The number of amides is 1. The Balaban J connectivity index is 1.44. The van der Waals surface area contributed by atoms with Crippen LogP contribution in [-0.2, 0) is 0 Å². The molecule has 2 aromatic rings. The summed E-state index contributed by atoms with van der Waals surface area (Å²) in [6, 6.07) is 9.97. The fourth-order valence-corrected chi connectivity index (χ4v) is 3.31. The smallest absolute Gasteiger partial charge is 0.277 e. The zero-order valence-corrected chi connectivity index (χ0v) is 16.2. The Morgan fingerprint density at radius 1 is 1.21 bits per heavy atom. The van der Waals surface area contributed by atoms with Gasteiger partial charge in [-0.15, -0.1) is 0 Å². The Kier molecular flexibility index (Phi) is 7.69. The van der Waals surface area contributed by atoms with Gasteiger partial charge in [-0.05, 0) is 30.9 Å². The molecule has 0 saturated carbocycles. The lowest BCUT2D eigenvalue weighted by Crippen LogP contribution is -2.41. The van der Waals surface area contributed by atoms with Crippen molar-refractivity contribution in [1.82, 2.24) is 20.8 Å². The quantitative estimate of drug-likeness (QED) is 0.394. The lowest BCUT2D eigenvalue weighted by atomic mass is 9.96. The van der Waals surface area contributed by atoms with Gasteiger partial charge in [-0.2, -0.15) is 0 Å². The molecule has 0 spiro atoms. The third-order valence-corrected chi connectivity index (χ3v) is 5.09. The number of benzene rings is 1. The molecule has 4 N–H and O–H groups in total. The minimum atomic E-state index is -0.624. The molecule has 154 valence electrons. The number of anilines is 1. The van der Waals surface area contributed by atoms with Crippen LogP contribution in [0.25, 0.3) is 6.08 Å². The molecule has 8 heteroatoms. The molecule has 29 heavy (non-hydrogen) atoms. The number of nitrogens with zero attached hydrogens (tertiary/aromatic N) is 3. The van der Waals surface area contributed by atoms with Crippen LogP contribution in [0.3, 0.4) is 0 Å². The van der Waals surface area contributed by atoms with Crippen molar-refractivity contribution in [3.05, 3.63) is 59.9 Å². The van der Waals surface area contributed by atoms with Crippen LogP contribution < -0.4 is 15.7 Å². The fraction of sp³-hybridized carbons (Fsp3) is 0.381. The van der Waals surface area contributed by atoms with Crippen LogP contribution in [0.5, 0.6) is 0 Å². The van der Waals surface area contributed by atoms with Crippen LogP contribution in [0.1, 0.15) is 28.8 Å². The van der Waals surface area contributed by atoms with Crippen molar-refractivity contribution in [1.29, 1.82) is 0 Å². The topological polar surface area (TPSA) is 111 Å². The lowest BCUT2D eigenvalue weighted by Gasteiger charge is -2.32. The van der Waals surface area contributed by atoms with E-state index in [1.165, 1.54) is 12.4 Å². The van der Waals surface area contributed by atoms with E-state index < -0.39 is 5.91 Å². The molecule has 1 amide bonds. The van der Waals surface area contributed by atoms with Crippen molar-refractivity contribution < 1.29 is 15.1 Å². The summed E-state index contributed by atoms with van der Waals surface area (Å²) in [6.45, 7) is 2.57. The number of aliphatic hydroxyl groups is 1. The number of piperidine rings is 1. The maximum absolute atomic E-state index is 11.3. The molecule has 1 aliphatic rings. The van der Waals surface area contributed by atoms with Gasteiger partial charge in [-0.3, -0.25) is 10.0 Å². The first-order valence-electron chi connectivity index (χ1n) is 9.78. The number of hydrogen-bond donors (Lipinski definition) is 4. The first-order valence-corrected chi connectivity index (χ1v) is 9.78. The summed E-state index contributed by atoms with van der Waals surface area (Å²) in [7, 11) is 0. The van der Waals surface area contributed by atoms with Gasteiger partial charge in [0.05, 0.1) is 12.2 Å². The van der Waals surface area contributed by atoms with E-state index in [0.29, 0.717) is 11.9 Å². The molecule has 1 aliphatic heterocycles. The van der Waals surface area contributed by atoms with Crippen LogP contribution in [0.2, 0.25) is 0 Å². The summed E-state index contributed by atoms with van der Waals surface area (Å²) in [5.74, 6) is 0.482. The molecule has 1 aromatic heterocycles. The highest BCUT2D eigenvalue weighted by Crippen LogP contribution is 2.20. The van der Waals surface area contributed by atoms with E-state index in [0.717, 1.165) is 38.0 Å². The van der Waals surface area contributed by atoms with E-state index in [4.69, 9.17) is 5.21 Å². The highest BCUT2D eigenvalue weighted by Gasteiger charge is 2.21. The van der Waals surface area contributed by atoms with E-state index in [-0.39, 0.29) is 18.2 Å². The van der Waals surface area contributed by atoms with Crippen molar-refractivity contribution in [2.45, 2.75) is 18.9 Å². The van der Waals surface area contributed by atoms with Crippen molar-refractivity contribution in [2.75, 3.05) is 31.1 Å². The van der Waals surface area contributed by atoms with Crippen molar-refractivity contribution in [2.24, 2.45) is 5.92 Å². The van der Waals surface area contributed by atoms with Gasteiger partial charge in [0.15, 0.2) is 0 Å². The number of carbonyl (C=O) groups excluding carboxylic acids is 1. The normalized spacial score (nSPS) is 16.1. The van der Waals surface area contributed by atoms with Gasteiger partial charge < -0.3 is 15.3 Å². The maximum atomic E-state index is 11.3. The van der Waals surface area contributed by atoms with Crippen LogP contribution in [0.15, 0.2) is 48.8 Å². The van der Waals surface area contributed by atoms with Gasteiger partial charge in [0.25, 0.3) is 5.91 Å². The summed E-state index contributed by atoms with van der Waals surface area (Å²) in [5.41, 5.74) is 2.90. The predicted molar refractivity (Wildman–Crippen MR) is 111 cm³/mol. The van der Waals surface area contributed by atoms with Gasteiger partial charge in [0.1, 0.15) is 0 Å². The summed E-state index contributed by atoms with van der Waals surface area (Å²) >= 11 is 0. The molecule has 0 bridgehead atoms. The number of hydrogen-bond acceptors (Lipinski definition) is 7. The third-order valence-electron chi connectivity index (χ3n) is 5.09. The molecule has 3 rings (SSSR count). The van der Waals surface area contributed by atoms with Gasteiger partial charge in [-0.1, -0.05) is 42.5 Å². The van der Waals surface area contributed by atoms with Gasteiger partial charge >= 0.3 is 0 Å². The van der Waals surface area contributed by atoms with Crippen LogP contribution in [-0.4, -0.2) is 58.5 Å². The van der Waals surface area contributed by atoms with Crippen molar-refractivity contribution in [3.63, 3.8) is 0 Å². The number of aromatic nitrogens is 2. The Hall–Kier alpha value is -2.81. The third kappa shape index (κ3) is 6.08. The number of nitrogens with one attached hydrogen (secondary N) is 2. The maximum Gasteiger partial charge on any atom is 0.277 e. The molecule has 1 fully saturated rings. The van der Waals surface area contributed by atoms with Gasteiger partial charge in [0.2, 0.25) is 5.95 Å². The summed E-state index contributed by atoms with van der Waals surface area (Å²) in [6.07, 6.45) is 8.83. The summed E-state index contributed by atoms with van der Waals surface area (Å²) in [4.78, 5) is 21.9. The van der Waals surface area contributed by atoms with Crippen LogP contribution in [0.4, 0.5) is 5.95 Å². The van der Waals surface area contributed by atoms with E-state index in [2.05, 4.69) is 20.2 Å². The Morgan fingerprint density at radius 3 is 2.52 bits per heavy atom. The first-order chi connectivity index (χ1) is 14.2. The molecular formula is C21H27N5O3. The van der Waals surface area contributed by atoms with E-state index in [1.54, 1.807) is 5.48 Å². The largest absolute Gasteiger partial charge is 0.394 e. The molecule has 2 heterocycles. The van der Waals surface area contributed by atoms with E-state index >= 15 is 0 Å². The zero-order chi connectivity index (χ0) is 20.5. The van der Waals surface area contributed by atoms with Gasteiger partial charge in [-0.25, -0.2) is 15.4 Å². The van der Waals surface area contributed by atoms with E-state index in [9.17, 15) is 9.90 Å². The molecular weight excluding hydrogens is 370 g/mol. The van der Waals surface area contributed by atoms with Crippen LogP contribution >= 0.6 is 0 Å². The van der Waals surface area contributed by atoms with Crippen molar-refractivity contribution in [3.8, 4) is 0 Å². The molecule has 0 aliphatic carbocycles. The van der Waals surface area contributed by atoms with E-state index in [1.807, 2.05) is 42.5 Å². The lowest BCUT2D eigenvalue weighted by molar-refractivity contribution is 0.0705. The predicted octanol–water partition coefficient (Wildman–Crippen LogP) is 1.48. The molecule has 1 aromatic carbocycles. The summed E-state index contributed by atoms with van der Waals surface area (Å²) < 4.78 is 0. The number of carbonyl (C=O) groups is 1. The SMILES string of the molecule is O=C(NO)c1cnc(N2CCC(CNC(/C=C/c3ccccc3)CO)CC2)nc1. The molecule has 8 nitrogen and oxygen atoms in total. The average Bonchev–Trinajstić information content (AvgIpc) is 2.80. The van der Waals surface area contributed by atoms with Crippen molar-refractivity contribution >= 4 is 17.9 Å². The standard InChI is InChI=1S/C21H27N5O3/c27-15-19(7-6-16-4-2-1-3-5-16)22-12-17-8-10-26(11-9-17)21-23-13-18(14-24-21)20(28)25-29/h1-7,13-14,17,19,22,27,29H,8-12,15H2,(H,25,28)/b7-6+. The average molecular weight is 397 g/mol. The molecule has 1 atom stereocenters. The molecule has 1 saturated heterocycles. The Labute approximate surface area is 170 Å². The fourth-order valence-electron chi connectivity index (χ4n) is 3.31. The first kappa shape index (κ1) is 20.9. The summed E-state index contributed by atoms with van der Waals surface area (Å²) in [5, 5.41) is 21.7. The zero-order valence-electron chi connectivity index (χ0n) is 16.2. The van der Waals surface area contributed by atoms with Crippen LogP contribution in [0, 0.1) is 5.92 Å². The number of rotatable bonds is 8. The minimum absolute atomic E-state index is 0.0593. The molecule has 1 unspecified atom stereocenters. The second kappa shape index (κ2) is 10.7. The Bertz CT molecular complexity index is 790. The second-order valence-corrected chi connectivity index (χ2v) is 7.11. The Morgan fingerprint density at radius 2 is 1.90 bits per heavy atom. The number of aliphatic hydroxyl groups excluding tert-OH is 1. The molecule has 0 radical (unpaired) electrons. The monoisotopic (exact) mass is 397 g/mol. The highest BCUT2D eigenvalue weighted by molar-refractivity contribution is 5.92. The highest BCUT2D eigenvalue weighted by atomic mass is 16.5.